The van der Waals surface area contributed by atoms with Crippen LogP contribution in [0.1, 0.15) is 48.9 Å². The molecule has 0 aliphatic heterocycles. The van der Waals surface area contributed by atoms with Crippen LogP contribution in [0.3, 0.4) is 0 Å². The van der Waals surface area contributed by atoms with E-state index in [-0.39, 0.29) is 28.4 Å². The molecule has 0 radical (unpaired) electrons. The van der Waals surface area contributed by atoms with Crippen molar-refractivity contribution in [2.75, 3.05) is 5.75 Å². The second-order valence-electron chi connectivity index (χ2n) is 8.34. The maximum atomic E-state index is 12.6. The van der Waals surface area contributed by atoms with Gasteiger partial charge >= 0.3 is 0 Å². The lowest BCUT2D eigenvalue weighted by molar-refractivity contribution is -0.387. The van der Waals surface area contributed by atoms with Gasteiger partial charge in [-0.2, -0.15) is 0 Å². The molecule has 27 heavy (non-hydrogen) atoms. The van der Waals surface area contributed by atoms with Gasteiger partial charge in [-0.25, -0.2) is 0 Å². The van der Waals surface area contributed by atoms with Crippen molar-refractivity contribution in [3.05, 3.63) is 33.9 Å². The van der Waals surface area contributed by atoms with Crippen LogP contribution in [-0.4, -0.2) is 28.0 Å². The van der Waals surface area contributed by atoms with Gasteiger partial charge in [0.2, 0.25) is 11.8 Å². The number of nitrogens with one attached hydrogen (secondary N) is 1. The Bertz CT molecular complexity index is 775. The lowest BCUT2D eigenvalue weighted by atomic mass is 9.53. The fourth-order valence-electron chi connectivity index (χ4n) is 5.67. The zero-order valence-corrected chi connectivity index (χ0v) is 15.8. The maximum absolute atomic E-state index is 12.6. The Hall–Kier alpha value is -2.09. The molecule has 7 nitrogen and oxygen atoms in total. The molecule has 0 aromatic heterocycles. The SMILES string of the molecule is NC(=O)c1ccc(SCC(=O)NC23CC4CC(CC(C4)C2)C3)c([N+](=O)[O-])c1. The predicted octanol–water partition coefficient (Wildman–Crippen LogP) is 2.87. The van der Waals surface area contributed by atoms with E-state index in [1.54, 1.807) is 0 Å². The van der Waals surface area contributed by atoms with Crippen LogP contribution in [0.5, 0.6) is 0 Å². The number of thioether (sulfide) groups is 1. The van der Waals surface area contributed by atoms with Gasteiger partial charge in [0.1, 0.15) is 0 Å². The lowest BCUT2D eigenvalue weighted by Gasteiger charge is -2.56. The molecule has 5 rings (SSSR count). The summed E-state index contributed by atoms with van der Waals surface area (Å²) in [4.78, 5) is 34.9. The lowest BCUT2D eigenvalue weighted by Crippen LogP contribution is -2.60. The number of benzene rings is 1. The summed E-state index contributed by atoms with van der Waals surface area (Å²) >= 11 is 1.13. The van der Waals surface area contributed by atoms with E-state index in [0.717, 1.165) is 48.8 Å². The van der Waals surface area contributed by atoms with Crippen molar-refractivity contribution in [2.45, 2.75) is 49.0 Å². The first-order chi connectivity index (χ1) is 12.8. The van der Waals surface area contributed by atoms with Gasteiger partial charge in [-0.3, -0.25) is 19.7 Å². The molecule has 0 atom stereocenters. The summed E-state index contributed by atoms with van der Waals surface area (Å²) in [7, 11) is 0. The van der Waals surface area contributed by atoms with E-state index < -0.39 is 10.8 Å². The van der Waals surface area contributed by atoms with Gasteiger partial charge in [0.05, 0.1) is 15.6 Å². The number of carbonyl (C=O) groups excluding carboxylic acids is 2. The molecule has 0 heterocycles. The molecule has 0 spiro atoms. The number of rotatable bonds is 6. The van der Waals surface area contributed by atoms with Crippen molar-refractivity contribution in [3.63, 3.8) is 0 Å². The average molecular weight is 389 g/mol. The Balaban J connectivity index is 1.41. The zero-order chi connectivity index (χ0) is 19.2. The molecule has 4 fully saturated rings. The Labute approximate surface area is 161 Å². The molecule has 1 aromatic rings. The third kappa shape index (κ3) is 3.67. The van der Waals surface area contributed by atoms with Crippen LogP contribution < -0.4 is 11.1 Å². The minimum atomic E-state index is -0.714. The molecule has 4 saturated carbocycles. The van der Waals surface area contributed by atoms with Crippen LogP contribution in [0.25, 0.3) is 0 Å². The average Bonchev–Trinajstić information content (AvgIpc) is 2.58. The van der Waals surface area contributed by atoms with E-state index in [0.29, 0.717) is 4.90 Å². The third-order valence-electron chi connectivity index (χ3n) is 6.24. The largest absolute Gasteiger partial charge is 0.366 e. The standard InChI is InChI=1S/C19H23N3O4S/c20-18(24)14-1-2-16(15(6-14)22(25)26)27-10-17(23)21-19-7-11-3-12(8-19)5-13(4-11)9-19/h1-2,6,11-13H,3-5,7-10H2,(H2,20,24)(H,21,23). The molecule has 1 aromatic carbocycles. The van der Waals surface area contributed by atoms with Gasteiger partial charge in [0, 0.05) is 17.2 Å². The molecule has 3 N–H and O–H groups in total. The van der Waals surface area contributed by atoms with Crippen LogP contribution >= 0.6 is 11.8 Å². The molecule has 144 valence electrons. The maximum Gasteiger partial charge on any atom is 0.283 e. The van der Waals surface area contributed by atoms with Crippen molar-refractivity contribution >= 4 is 29.3 Å². The smallest absolute Gasteiger partial charge is 0.283 e. The number of nitrogens with zero attached hydrogens (tertiary/aromatic N) is 1. The fraction of sp³-hybridized carbons (Fsp3) is 0.579. The molecular formula is C19H23N3O4S. The topological polar surface area (TPSA) is 115 Å². The summed E-state index contributed by atoms with van der Waals surface area (Å²) < 4.78 is 0. The number of nitro groups is 1. The summed E-state index contributed by atoms with van der Waals surface area (Å²) in [5.41, 5.74) is 5.02. The highest BCUT2D eigenvalue weighted by molar-refractivity contribution is 8.00. The van der Waals surface area contributed by atoms with Crippen LogP contribution in [-0.2, 0) is 4.79 Å². The summed E-state index contributed by atoms with van der Waals surface area (Å²) in [5.74, 6) is 1.56. The Morgan fingerprint density at radius 2 is 1.78 bits per heavy atom. The highest BCUT2D eigenvalue weighted by Gasteiger charge is 2.51. The van der Waals surface area contributed by atoms with Crippen LogP contribution in [0, 0.1) is 27.9 Å². The number of nitrogens with two attached hydrogens (primary N) is 1. The van der Waals surface area contributed by atoms with Gasteiger partial charge in [0.25, 0.3) is 5.69 Å². The van der Waals surface area contributed by atoms with Crippen LogP contribution in [0.2, 0.25) is 0 Å². The van der Waals surface area contributed by atoms with Crippen molar-refractivity contribution in [3.8, 4) is 0 Å². The normalized spacial score (nSPS) is 30.9. The number of carbonyl (C=O) groups is 2. The van der Waals surface area contributed by atoms with Crippen LogP contribution in [0.4, 0.5) is 5.69 Å². The molecule has 4 aliphatic carbocycles. The first-order valence-electron chi connectivity index (χ1n) is 9.35. The van der Waals surface area contributed by atoms with Gasteiger partial charge in [-0.05, 0) is 68.4 Å². The van der Waals surface area contributed by atoms with Crippen molar-refractivity contribution in [1.29, 1.82) is 0 Å². The van der Waals surface area contributed by atoms with Crippen molar-refractivity contribution in [1.82, 2.24) is 5.32 Å². The first kappa shape index (κ1) is 18.3. The molecule has 4 aliphatic rings. The molecule has 0 unspecified atom stereocenters. The van der Waals surface area contributed by atoms with Crippen molar-refractivity contribution < 1.29 is 14.5 Å². The van der Waals surface area contributed by atoms with E-state index in [2.05, 4.69) is 5.32 Å². The van der Waals surface area contributed by atoms with Crippen molar-refractivity contribution in [2.24, 2.45) is 23.5 Å². The van der Waals surface area contributed by atoms with Gasteiger partial charge < -0.3 is 11.1 Å². The van der Waals surface area contributed by atoms with E-state index in [1.165, 1.54) is 37.5 Å². The monoisotopic (exact) mass is 389 g/mol. The van der Waals surface area contributed by atoms with E-state index in [4.69, 9.17) is 5.73 Å². The van der Waals surface area contributed by atoms with Crippen LogP contribution in [0.15, 0.2) is 23.1 Å². The molecule has 4 bridgehead atoms. The van der Waals surface area contributed by atoms with Gasteiger partial charge in [0.15, 0.2) is 0 Å². The third-order valence-corrected chi connectivity index (χ3v) is 7.30. The number of primary amides is 1. The summed E-state index contributed by atoms with van der Waals surface area (Å²) in [6, 6.07) is 4.11. The summed E-state index contributed by atoms with van der Waals surface area (Å²) in [6.07, 6.45) is 7.14. The van der Waals surface area contributed by atoms with E-state index in [1.807, 2.05) is 0 Å². The van der Waals surface area contributed by atoms with E-state index >= 15 is 0 Å². The predicted molar refractivity (Wildman–Crippen MR) is 101 cm³/mol. The van der Waals surface area contributed by atoms with Gasteiger partial charge in [-0.15, -0.1) is 11.8 Å². The number of amides is 2. The minimum Gasteiger partial charge on any atom is -0.366 e. The Morgan fingerprint density at radius 3 is 2.30 bits per heavy atom. The second kappa shape index (κ2) is 6.82. The number of nitro benzene ring substituents is 1. The van der Waals surface area contributed by atoms with E-state index in [9.17, 15) is 19.7 Å². The zero-order valence-electron chi connectivity index (χ0n) is 15.0. The Morgan fingerprint density at radius 1 is 1.19 bits per heavy atom. The Kier molecular flexibility index (Phi) is 4.61. The molecular weight excluding hydrogens is 366 g/mol. The minimum absolute atomic E-state index is 0.0614. The highest BCUT2D eigenvalue weighted by atomic mass is 32.2. The summed E-state index contributed by atoms with van der Waals surface area (Å²) in [5, 5.41) is 14.5. The highest BCUT2D eigenvalue weighted by Crippen LogP contribution is 2.55. The molecule has 8 heteroatoms. The molecule has 2 amide bonds. The fourth-order valence-corrected chi connectivity index (χ4v) is 6.48. The second-order valence-corrected chi connectivity index (χ2v) is 9.36. The number of hydrogen-bond donors (Lipinski definition) is 2. The number of hydrogen-bond acceptors (Lipinski definition) is 5. The molecule has 0 saturated heterocycles. The summed E-state index contributed by atoms with van der Waals surface area (Å²) in [6.45, 7) is 0. The quantitative estimate of drug-likeness (QED) is 0.441. The van der Waals surface area contributed by atoms with Gasteiger partial charge in [-0.1, -0.05) is 0 Å². The first-order valence-corrected chi connectivity index (χ1v) is 10.3.